The minimum absolute atomic E-state index is 0.122. The zero-order valence-corrected chi connectivity index (χ0v) is 10.8. The average molecular weight is 214 g/mol. The van der Waals surface area contributed by atoms with Crippen LogP contribution in [0.1, 0.15) is 34.6 Å². The van der Waals surface area contributed by atoms with E-state index in [0.29, 0.717) is 0 Å². The normalized spacial score (nSPS) is 28.8. The smallest absolute Gasteiger partial charge is 0.0599 e. The Morgan fingerprint density at radius 2 is 2.00 bits per heavy atom. The summed E-state index contributed by atoms with van der Waals surface area (Å²) in [4.78, 5) is 2.42. The molecule has 1 rings (SSSR count). The van der Waals surface area contributed by atoms with Gasteiger partial charge in [0, 0.05) is 31.2 Å². The van der Waals surface area contributed by atoms with E-state index >= 15 is 0 Å². The van der Waals surface area contributed by atoms with Gasteiger partial charge in [0.1, 0.15) is 0 Å². The van der Waals surface area contributed by atoms with Crippen LogP contribution in [0.3, 0.4) is 0 Å². The van der Waals surface area contributed by atoms with Gasteiger partial charge in [-0.2, -0.15) is 0 Å². The zero-order chi connectivity index (χ0) is 11.7. The summed E-state index contributed by atoms with van der Waals surface area (Å²) in [5.74, 6) is 0. The second-order valence-electron chi connectivity index (χ2n) is 6.43. The topological polar surface area (TPSA) is 35.5 Å². The molecule has 0 saturated carbocycles. The Hall–Kier alpha value is -0.120. The second kappa shape index (κ2) is 4.40. The van der Waals surface area contributed by atoms with Crippen LogP contribution in [0.2, 0.25) is 0 Å². The van der Waals surface area contributed by atoms with Crippen molar-refractivity contribution in [3.05, 3.63) is 0 Å². The molecule has 1 saturated heterocycles. The van der Waals surface area contributed by atoms with Gasteiger partial charge in [0.15, 0.2) is 0 Å². The van der Waals surface area contributed by atoms with Gasteiger partial charge in [-0.05, 0) is 26.2 Å². The number of rotatable bonds is 1. The molecular formula is C12H26N2O. The molecule has 1 unspecified atom stereocenters. The summed E-state index contributed by atoms with van der Waals surface area (Å²) < 4.78 is 0. The summed E-state index contributed by atoms with van der Waals surface area (Å²) in [6.07, 6.45) is 0. The van der Waals surface area contributed by atoms with Gasteiger partial charge >= 0.3 is 0 Å². The van der Waals surface area contributed by atoms with E-state index in [0.717, 1.165) is 19.6 Å². The zero-order valence-electron chi connectivity index (χ0n) is 10.8. The highest BCUT2D eigenvalue weighted by atomic mass is 16.3. The van der Waals surface area contributed by atoms with Crippen LogP contribution in [0.25, 0.3) is 0 Å². The van der Waals surface area contributed by atoms with Gasteiger partial charge in [-0.1, -0.05) is 13.8 Å². The van der Waals surface area contributed by atoms with E-state index in [9.17, 15) is 5.11 Å². The van der Waals surface area contributed by atoms with Crippen LogP contribution in [-0.4, -0.2) is 47.8 Å². The van der Waals surface area contributed by atoms with Crippen molar-refractivity contribution in [3.63, 3.8) is 0 Å². The van der Waals surface area contributed by atoms with Crippen molar-refractivity contribution in [2.75, 3.05) is 26.2 Å². The molecule has 0 aromatic carbocycles. The van der Waals surface area contributed by atoms with Crippen molar-refractivity contribution in [2.24, 2.45) is 5.41 Å². The number of aliphatic hydroxyl groups excluding tert-OH is 1. The molecule has 1 aliphatic heterocycles. The molecule has 1 heterocycles. The number of nitrogens with one attached hydrogen (secondary N) is 1. The molecule has 1 fully saturated rings. The van der Waals surface area contributed by atoms with E-state index in [-0.39, 0.29) is 23.6 Å². The van der Waals surface area contributed by atoms with Crippen molar-refractivity contribution in [3.8, 4) is 0 Å². The predicted octanol–water partition coefficient (Wildman–Crippen LogP) is 1.08. The molecule has 0 amide bonds. The Balaban J connectivity index is 2.84. The molecule has 0 aromatic heterocycles. The van der Waals surface area contributed by atoms with Crippen LogP contribution >= 0.6 is 0 Å². The van der Waals surface area contributed by atoms with Crippen LogP contribution in [0.4, 0.5) is 0 Å². The number of aliphatic hydroxyl groups is 1. The highest BCUT2D eigenvalue weighted by molar-refractivity contribution is 4.91. The minimum Gasteiger partial charge on any atom is -0.395 e. The van der Waals surface area contributed by atoms with Crippen molar-refractivity contribution < 1.29 is 5.11 Å². The number of nitrogens with zero attached hydrogens (tertiary/aromatic N) is 1. The maximum Gasteiger partial charge on any atom is 0.0599 e. The van der Waals surface area contributed by atoms with Gasteiger partial charge in [0.05, 0.1) is 6.61 Å². The summed E-state index contributed by atoms with van der Waals surface area (Å²) >= 11 is 0. The summed E-state index contributed by atoms with van der Waals surface area (Å²) in [6, 6.07) is 0.242. The molecule has 15 heavy (non-hydrogen) atoms. The third-order valence-corrected chi connectivity index (χ3v) is 3.10. The SMILES string of the molecule is CC1(C)CNCC(CO)N(C(C)(C)C)C1. The summed E-state index contributed by atoms with van der Waals surface area (Å²) in [5.41, 5.74) is 0.397. The first kappa shape index (κ1) is 12.9. The van der Waals surface area contributed by atoms with Crippen molar-refractivity contribution >= 4 is 0 Å². The fraction of sp³-hybridized carbons (Fsp3) is 1.00. The lowest BCUT2D eigenvalue weighted by Crippen LogP contribution is -2.53. The maximum atomic E-state index is 9.44. The lowest BCUT2D eigenvalue weighted by molar-refractivity contribution is 0.0322. The Kier molecular flexibility index (Phi) is 3.80. The van der Waals surface area contributed by atoms with Gasteiger partial charge in [-0.25, -0.2) is 0 Å². The Bertz CT molecular complexity index is 208. The van der Waals surface area contributed by atoms with Crippen molar-refractivity contribution in [2.45, 2.75) is 46.2 Å². The van der Waals surface area contributed by atoms with Gasteiger partial charge in [-0.3, -0.25) is 4.90 Å². The summed E-state index contributed by atoms with van der Waals surface area (Å²) in [7, 11) is 0. The molecule has 0 radical (unpaired) electrons. The van der Waals surface area contributed by atoms with Crippen molar-refractivity contribution in [1.29, 1.82) is 0 Å². The van der Waals surface area contributed by atoms with Crippen LogP contribution < -0.4 is 5.32 Å². The molecule has 0 aromatic rings. The van der Waals surface area contributed by atoms with E-state index in [2.05, 4.69) is 44.8 Å². The van der Waals surface area contributed by atoms with Crippen molar-refractivity contribution in [1.82, 2.24) is 10.2 Å². The molecule has 0 aliphatic carbocycles. The largest absolute Gasteiger partial charge is 0.395 e. The Labute approximate surface area is 93.9 Å². The van der Waals surface area contributed by atoms with E-state index in [1.54, 1.807) is 0 Å². The van der Waals surface area contributed by atoms with Gasteiger partial charge in [0.25, 0.3) is 0 Å². The summed E-state index contributed by atoms with van der Waals surface area (Å²) in [5, 5.41) is 12.9. The average Bonchev–Trinajstić information content (AvgIpc) is 2.22. The molecule has 1 atom stereocenters. The molecular weight excluding hydrogens is 188 g/mol. The van der Waals surface area contributed by atoms with Gasteiger partial charge in [-0.15, -0.1) is 0 Å². The van der Waals surface area contributed by atoms with E-state index in [1.807, 2.05) is 0 Å². The molecule has 0 bridgehead atoms. The first-order valence-electron chi connectivity index (χ1n) is 5.84. The quantitative estimate of drug-likeness (QED) is 0.685. The van der Waals surface area contributed by atoms with Crippen LogP contribution in [0, 0.1) is 5.41 Å². The predicted molar refractivity (Wildman–Crippen MR) is 64.0 cm³/mol. The lowest BCUT2D eigenvalue weighted by atomic mass is 9.90. The molecule has 1 aliphatic rings. The Morgan fingerprint density at radius 3 is 2.47 bits per heavy atom. The fourth-order valence-corrected chi connectivity index (χ4v) is 2.28. The first-order valence-corrected chi connectivity index (χ1v) is 5.84. The monoisotopic (exact) mass is 214 g/mol. The third-order valence-electron chi connectivity index (χ3n) is 3.10. The summed E-state index contributed by atoms with van der Waals surface area (Å²) in [6.45, 7) is 14.4. The molecule has 2 N–H and O–H groups in total. The van der Waals surface area contributed by atoms with Gasteiger partial charge < -0.3 is 10.4 Å². The van der Waals surface area contributed by atoms with Crippen LogP contribution in [0.15, 0.2) is 0 Å². The van der Waals surface area contributed by atoms with Gasteiger partial charge in [0.2, 0.25) is 0 Å². The molecule has 90 valence electrons. The Morgan fingerprint density at radius 1 is 1.40 bits per heavy atom. The number of hydrogen-bond donors (Lipinski definition) is 2. The first-order chi connectivity index (χ1) is 6.76. The van der Waals surface area contributed by atoms with E-state index in [1.165, 1.54) is 0 Å². The molecule has 3 heteroatoms. The highest BCUT2D eigenvalue weighted by Gasteiger charge is 2.35. The fourth-order valence-electron chi connectivity index (χ4n) is 2.28. The van der Waals surface area contributed by atoms with Crippen LogP contribution in [0.5, 0.6) is 0 Å². The van der Waals surface area contributed by atoms with E-state index in [4.69, 9.17) is 0 Å². The van der Waals surface area contributed by atoms with Crippen LogP contribution in [-0.2, 0) is 0 Å². The third kappa shape index (κ3) is 3.44. The standard InChI is InChI=1S/C12H26N2O/c1-11(2,3)14-9-12(4,5)8-13-6-10(14)7-15/h10,13,15H,6-9H2,1-5H3. The molecule has 0 spiro atoms. The minimum atomic E-state index is 0.122. The molecule has 3 nitrogen and oxygen atoms in total. The number of hydrogen-bond acceptors (Lipinski definition) is 3. The highest BCUT2D eigenvalue weighted by Crippen LogP contribution is 2.26. The van der Waals surface area contributed by atoms with E-state index < -0.39 is 0 Å². The lowest BCUT2D eigenvalue weighted by Gasteiger charge is -2.42. The second-order valence-corrected chi connectivity index (χ2v) is 6.43. The maximum absolute atomic E-state index is 9.44.